The standard InChI is InChI=1S/C26H29FN2O3S/c1-26(2,3)32-24(30)13-15-29-14-12-22-23(16-29)33-25(28-22)18-8-10-20(11-9-18)31-17-19-6-4-5-7-21(19)27/h4-11H,12-17H2,1-3H3. The van der Waals surface area contributed by atoms with Gasteiger partial charge in [-0.05, 0) is 51.1 Å². The van der Waals surface area contributed by atoms with E-state index in [4.69, 9.17) is 14.5 Å². The van der Waals surface area contributed by atoms with Crippen LogP contribution in [0.25, 0.3) is 10.6 Å². The van der Waals surface area contributed by atoms with E-state index in [1.165, 1.54) is 10.9 Å². The third kappa shape index (κ3) is 6.39. The van der Waals surface area contributed by atoms with Gasteiger partial charge in [-0.15, -0.1) is 11.3 Å². The molecule has 0 N–H and O–H groups in total. The summed E-state index contributed by atoms with van der Waals surface area (Å²) < 4.78 is 24.9. The van der Waals surface area contributed by atoms with Gasteiger partial charge in [-0.2, -0.15) is 0 Å². The average Bonchev–Trinajstić information content (AvgIpc) is 3.20. The minimum atomic E-state index is -0.447. The van der Waals surface area contributed by atoms with Crippen LogP contribution in [0.3, 0.4) is 0 Å². The van der Waals surface area contributed by atoms with E-state index in [9.17, 15) is 9.18 Å². The van der Waals surface area contributed by atoms with E-state index in [0.29, 0.717) is 24.3 Å². The van der Waals surface area contributed by atoms with E-state index in [1.807, 2.05) is 45.0 Å². The van der Waals surface area contributed by atoms with E-state index in [1.54, 1.807) is 29.5 Å². The third-order valence-electron chi connectivity index (χ3n) is 5.32. The van der Waals surface area contributed by atoms with Crippen molar-refractivity contribution in [1.82, 2.24) is 9.88 Å². The topological polar surface area (TPSA) is 51.7 Å². The fourth-order valence-electron chi connectivity index (χ4n) is 3.67. The Labute approximate surface area is 198 Å². The van der Waals surface area contributed by atoms with Gasteiger partial charge in [0, 0.05) is 42.1 Å². The lowest BCUT2D eigenvalue weighted by molar-refractivity contribution is -0.155. The molecule has 0 bridgehead atoms. The summed E-state index contributed by atoms with van der Waals surface area (Å²) in [6.07, 6.45) is 1.27. The molecular weight excluding hydrogens is 439 g/mol. The number of benzene rings is 2. The van der Waals surface area contributed by atoms with Gasteiger partial charge in [-0.1, -0.05) is 18.2 Å². The SMILES string of the molecule is CC(C)(C)OC(=O)CCN1CCc2nc(-c3ccc(OCc4ccccc4F)cc3)sc2C1. The summed E-state index contributed by atoms with van der Waals surface area (Å²) in [5.74, 6) is 0.273. The number of esters is 1. The number of carbonyl (C=O) groups is 1. The summed E-state index contributed by atoms with van der Waals surface area (Å²) in [7, 11) is 0. The van der Waals surface area contributed by atoms with Crippen molar-refractivity contribution >= 4 is 17.3 Å². The van der Waals surface area contributed by atoms with Crippen LogP contribution in [0.1, 0.15) is 43.3 Å². The first-order chi connectivity index (χ1) is 15.8. The Morgan fingerprint density at radius 2 is 1.91 bits per heavy atom. The monoisotopic (exact) mass is 468 g/mol. The van der Waals surface area contributed by atoms with Gasteiger partial charge in [0.1, 0.15) is 28.8 Å². The number of carbonyl (C=O) groups excluding carboxylic acids is 1. The fourth-order valence-corrected chi connectivity index (χ4v) is 4.83. The molecular formula is C26H29FN2O3S. The van der Waals surface area contributed by atoms with E-state index in [0.717, 1.165) is 35.8 Å². The van der Waals surface area contributed by atoms with Gasteiger partial charge in [0.05, 0.1) is 12.1 Å². The highest BCUT2D eigenvalue weighted by Crippen LogP contribution is 2.32. The number of aromatic nitrogens is 1. The second kappa shape index (κ2) is 10.0. The van der Waals surface area contributed by atoms with Gasteiger partial charge in [0.25, 0.3) is 0 Å². The average molecular weight is 469 g/mol. The van der Waals surface area contributed by atoms with Crippen LogP contribution < -0.4 is 4.74 Å². The molecule has 0 atom stereocenters. The van der Waals surface area contributed by atoms with Crippen molar-refractivity contribution in [3.8, 4) is 16.3 Å². The zero-order chi connectivity index (χ0) is 23.4. The lowest BCUT2D eigenvalue weighted by Gasteiger charge is -2.26. The molecule has 0 unspecified atom stereocenters. The Morgan fingerprint density at radius 3 is 2.64 bits per heavy atom. The quantitative estimate of drug-likeness (QED) is 0.422. The van der Waals surface area contributed by atoms with Gasteiger partial charge in [0.2, 0.25) is 0 Å². The molecule has 3 aromatic rings. The van der Waals surface area contributed by atoms with Crippen molar-refractivity contribution in [3.05, 3.63) is 70.5 Å². The van der Waals surface area contributed by atoms with E-state index >= 15 is 0 Å². The second-order valence-corrected chi connectivity index (χ2v) is 10.2. The third-order valence-corrected chi connectivity index (χ3v) is 6.45. The first-order valence-electron chi connectivity index (χ1n) is 11.2. The molecule has 0 amide bonds. The molecule has 1 aliphatic heterocycles. The molecule has 0 aliphatic carbocycles. The van der Waals surface area contributed by atoms with Crippen LogP contribution in [0.5, 0.6) is 5.75 Å². The highest BCUT2D eigenvalue weighted by Gasteiger charge is 2.23. The van der Waals surface area contributed by atoms with Crippen molar-refractivity contribution in [2.75, 3.05) is 13.1 Å². The molecule has 0 spiro atoms. The highest BCUT2D eigenvalue weighted by molar-refractivity contribution is 7.15. The van der Waals surface area contributed by atoms with Crippen molar-refractivity contribution in [1.29, 1.82) is 0 Å². The predicted molar refractivity (Wildman–Crippen MR) is 128 cm³/mol. The Kier molecular flexibility index (Phi) is 7.10. The lowest BCUT2D eigenvalue weighted by Crippen LogP contribution is -2.33. The summed E-state index contributed by atoms with van der Waals surface area (Å²) in [5, 5.41) is 0.981. The first kappa shape index (κ1) is 23.4. The van der Waals surface area contributed by atoms with Crippen LogP contribution in [-0.4, -0.2) is 34.5 Å². The van der Waals surface area contributed by atoms with Gasteiger partial charge < -0.3 is 9.47 Å². The van der Waals surface area contributed by atoms with Crippen LogP contribution in [-0.2, 0) is 29.1 Å². The Balaban J connectivity index is 1.33. The molecule has 0 fully saturated rings. The smallest absolute Gasteiger partial charge is 0.307 e. The van der Waals surface area contributed by atoms with Gasteiger partial charge >= 0.3 is 5.97 Å². The number of fused-ring (bicyclic) bond motifs is 1. The minimum Gasteiger partial charge on any atom is -0.489 e. The van der Waals surface area contributed by atoms with Crippen LogP contribution in [0.15, 0.2) is 48.5 Å². The number of thiazole rings is 1. The summed E-state index contributed by atoms with van der Waals surface area (Å²) in [6.45, 7) is 8.24. The zero-order valence-electron chi connectivity index (χ0n) is 19.3. The first-order valence-corrected chi connectivity index (χ1v) is 12.0. The number of ether oxygens (including phenoxy) is 2. The number of hydrogen-bond donors (Lipinski definition) is 0. The largest absolute Gasteiger partial charge is 0.489 e. The van der Waals surface area contributed by atoms with Crippen LogP contribution >= 0.6 is 11.3 Å². The molecule has 33 heavy (non-hydrogen) atoms. The number of halogens is 1. The highest BCUT2D eigenvalue weighted by atomic mass is 32.1. The Morgan fingerprint density at radius 1 is 1.15 bits per heavy atom. The minimum absolute atomic E-state index is 0.157. The maximum Gasteiger partial charge on any atom is 0.307 e. The molecule has 0 radical (unpaired) electrons. The van der Waals surface area contributed by atoms with Crippen molar-refractivity contribution in [2.45, 2.75) is 52.4 Å². The molecule has 1 aliphatic rings. The maximum atomic E-state index is 13.8. The summed E-state index contributed by atoms with van der Waals surface area (Å²) >= 11 is 1.70. The molecule has 7 heteroatoms. The summed E-state index contributed by atoms with van der Waals surface area (Å²) in [5.41, 5.74) is 2.26. The fraction of sp³-hybridized carbons (Fsp3) is 0.385. The van der Waals surface area contributed by atoms with Gasteiger partial charge in [-0.3, -0.25) is 9.69 Å². The molecule has 2 heterocycles. The number of hydrogen-bond acceptors (Lipinski definition) is 6. The second-order valence-electron chi connectivity index (χ2n) is 9.16. The lowest BCUT2D eigenvalue weighted by atomic mass is 10.1. The summed E-state index contributed by atoms with van der Waals surface area (Å²) in [6, 6.07) is 14.4. The van der Waals surface area contributed by atoms with Crippen molar-refractivity contribution < 1.29 is 18.7 Å². The van der Waals surface area contributed by atoms with Crippen molar-refractivity contribution in [2.24, 2.45) is 0 Å². The van der Waals surface area contributed by atoms with Gasteiger partial charge in [-0.25, -0.2) is 9.37 Å². The Hall–Kier alpha value is -2.77. The van der Waals surface area contributed by atoms with E-state index in [2.05, 4.69) is 4.90 Å². The molecule has 1 aromatic heterocycles. The van der Waals surface area contributed by atoms with E-state index in [-0.39, 0.29) is 18.4 Å². The van der Waals surface area contributed by atoms with E-state index < -0.39 is 5.60 Å². The summed E-state index contributed by atoms with van der Waals surface area (Å²) in [4.78, 5) is 20.4. The molecule has 2 aromatic carbocycles. The van der Waals surface area contributed by atoms with Crippen molar-refractivity contribution in [3.63, 3.8) is 0 Å². The predicted octanol–water partition coefficient (Wildman–Crippen LogP) is 5.62. The zero-order valence-corrected chi connectivity index (χ0v) is 20.1. The maximum absolute atomic E-state index is 13.8. The molecule has 4 rings (SSSR count). The van der Waals surface area contributed by atoms with Crippen LogP contribution in [0, 0.1) is 5.82 Å². The van der Waals surface area contributed by atoms with Crippen LogP contribution in [0.4, 0.5) is 4.39 Å². The molecule has 0 saturated carbocycles. The molecule has 0 saturated heterocycles. The molecule has 5 nitrogen and oxygen atoms in total. The normalized spacial score (nSPS) is 14.1. The van der Waals surface area contributed by atoms with Crippen LogP contribution in [0.2, 0.25) is 0 Å². The number of nitrogens with zero attached hydrogens (tertiary/aromatic N) is 2. The van der Waals surface area contributed by atoms with Gasteiger partial charge in [0.15, 0.2) is 0 Å². The number of rotatable bonds is 7. The molecule has 174 valence electrons. The Bertz CT molecular complexity index is 1110.